The van der Waals surface area contributed by atoms with Gasteiger partial charge in [-0.25, -0.2) is 17.9 Å². The van der Waals surface area contributed by atoms with Crippen molar-refractivity contribution in [2.75, 3.05) is 38.9 Å². The summed E-state index contributed by atoms with van der Waals surface area (Å²) in [6, 6.07) is -1.24. The minimum Gasteiger partial charge on any atom is -0.481 e. The van der Waals surface area contributed by atoms with E-state index in [0.717, 1.165) is 0 Å². The Morgan fingerprint density at radius 2 is 1.97 bits per heavy atom. The van der Waals surface area contributed by atoms with Crippen LogP contribution in [0.1, 0.15) is 12.7 Å². The Balaban J connectivity index is 2.28. The van der Waals surface area contributed by atoms with Gasteiger partial charge in [-0.15, -0.1) is 0 Å². The fourth-order valence-corrected chi connectivity index (χ4v) is 4.34. The van der Waals surface area contributed by atoms with Crippen LogP contribution < -0.4 is 14.8 Å². The summed E-state index contributed by atoms with van der Waals surface area (Å²) in [6.07, 6.45) is 5.17. The molecule has 14 heteroatoms. The lowest BCUT2D eigenvalue weighted by molar-refractivity contribution is -0.141. The SMILES string of the molecule is CCOc1nc(C)nc(NC(=O)NS(=O)(=O)C2(COCCOC)C=CC=CC2C(=O)O)n1. The summed E-state index contributed by atoms with van der Waals surface area (Å²) in [5.41, 5.74) is 0. The van der Waals surface area contributed by atoms with Crippen molar-refractivity contribution in [2.24, 2.45) is 5.92 Å². The number of carboxylic acids is 1. The van der Waals surface area contributed by atoms with Crippen molar-refractivity contribution >= 4 is 28.0 Å². The van der Waals surface area contributed by atoms with Gasteiger partial charge in [0.1, 0.15) is 16.5 Å². The minimum atomic E-state index is -4.63. The molecule has 2 amide bonds. The Morgan fingerprint density at radius 3 is 2.62 bits per heavy atom. The molecule has 0 spiro atoms. The van der Waals surface area contributed by atoms with Gasteiger partial charge in [0.15, 0.2) is 0 Å². The number of anilines is 1. The number of hydrogen-bond acceptors (Lipinski definition) is 10. The van der Waals surface area contributed by atoms with E-state index in [9.17, 15) is 23.1 Å². The number of allylic oxidation sites excluding steroid dienone is 2. The van der Waals surface area contributed by atoms with Crippen molar-refractivity contribution in [3.05, 3.63) is 30.1 Å². The second kappa shape index (κ2) is 11.0. The highest BCUT2D eigenvalue weighted by Crippen LogP contribution is 2.33. The molecule has 2 unspecified atom stereocenters. The van der Waals surface area contributed by atoms with Crippen molar-refractivity contribution in [2.45, 2.75) is 18.6 Å². The summed E-state index contributed by atoms with van der Waals surface area (Å²) in [5, 5.41) is 11.8. The topological polar surface area (TPSA) is 179 Å². The molecule has 0 bridgehead atoms. The Labute approximate surface area is 184 Å². The van der Waals surface area contributed by atoms with Crippen LogP contribution in [-0.4, -0.2) is 78.8 Å². The standard InChI is InChI=1S/C18H25N5O8S/c1-4-31-17-20-12(2)19-15(22-17)21-16(26)23-32(27,28)18(11-30-10-9-29-3)8-6-5-7-13(18)14(24)25/h5-8,13H,4,9-11H2,1-3H3,(H,24,25)(H2,19,20,21,22,23,26). The molecule has 0 aromatic carbocycles. The highest BCUT2D eigenvalue weighted by molar-refractivity contribution is 7.91. The molecule has 3 N–H and O–H groups in total. The number of aromatic nitrogens is 3. The molecule has 0 saturated heterocycles. The smallest absolute Gasteiger partial charge is 0.335 e. The molecule has 0 aliphatic heterocycles. The predicted octanol–water partition coefficient (Wildman–Crippen LogP) is 0.259. The van der Waals surface area contributed by atoms with Crippen molar-refractivity contribution in [3.63, 3.8) is 0 Å². The number of nitrogens with one attached hydrogen (secondary N) is 2. The number of rotatable bonds is 11. The third kappa shape index (κ3) is 5.99. The van der Waals surface area contributed by atoms with E-state index in [-0.39, 0.29) is 37.6 Å². The van der Waals surface area contributed by atoms with Gasteiger partial charge in [0, 0.05) is 7.11 Å². The molecule has 2 atom stereocenters. The van der Waals surface area contributed by atoms with Gasteiger partial charge in [0.25, 0.3) is 0 Å². The average Bonchev–Trinajstić information content (AvgIpc) is 2.70. The Kier molecular flexibility index (Phi) is 8.63. The molecule has 2 rings (SSSR count). The van der Waals surface area contributed by atoms with Crippen LogP contribution in [0.4, 0.5) is 10.7 Å². The van der Waals surface area contributed by atoms with Crippen molar-refractivity contribution in [3.8, 4) is 6.01 Å². The van der Waals surface area contributed by atoms with E-state index in [1.54, 1.807) is 6.92 Å². The number of ether oxygens (including phenoxy) is 3. The third-order valence-electron chi connectivity index (χ3n) is 4.30. The van der Waals surface area contributed by atoms with E-state index in [1.807, 2.05) is 4.72 Å². The van der Waals surface area contributed by atoms with E-state index < -0.39 is 39.3 Å². The van der Waals surface area contributed by atoms with E-state index in [4.69, 9.17) is 14.2 Å². The molecule has 1 aliphatic rings. The zero-order valence-corrected chi connectivity index (χ0v) is 18.6. The number of carbonyl (C=O) groups is 2. The first-order valence-corrected chi connectivity index (χ1v) is 11.0. The first kappa shape index (κ1) is 25.2. The second-order valence-corrected chi connectivity index (χ2v) is 8.51. The fraction of sp³-hybridized carbons (Fsp3) is 0.500. The number of hydrogen-bond donors (Lipinski definition) is 3. The number of methoxy groups -OCH3 is 1. The van der Waals surface area contributed by atoms with Crippen LogP contribution in [0.3, 0.4) is 0 Å². The monoisotopic (exact) mass is 471 g/mol. The third-order valence-corrected chi connectivity index (χ3v) is 6.26. The first-order chi connectivity index (χ1) is 15.1. The number of sulfonamides is 1. The molecule has 176 valence electrons. The summed E-state index contributed by atoms with van der Waals surface area (Å²) in [7, 11) is -3.19. The van der Waals surface area contributed by atoms with Crippen molar-refractivity contribution in [1.82, 2.24) is 19.7 Å². The molecule has 0 saturated carbocycles. The number of aliphatic carboxylic acids is 1. The highest BCUT2D eigenvalue weighted by Gasteiger charge is 2.52. The number of carbonyl (C=O) groups excluding carboxylic acids is 1. The number of nitrogens with zero attached hydrogens (tertiary/aromatic N) is 3. The largest absolute Gasteiger partial charge is 0.481 e. The lowest BCUT2D eigenvalue weighted by atomic mass is 9.88. The maximum absolute atomic E-state index is 13.2. The van der Waals surface area contributed by atoms with Gasteiger partial charge in [-0.3, -0.25) is 10.1 Å². The van der Waals surface area contributed by atoms with Crippen LogP contribution >= 0.6 is 0 Å². The number of aryl methyl sites for hydroxylation is 1. The maximum atomic E-state index is 13.2. The summed E-state index contributed by atoms with van der Waals surface area (Å²) >= 11 is 0. The highest BCUT2D eigenvalue weighted by atomic mass is 32.2. The summed E-state index contributed by atoms with van der Waals surface area (Å²) in [4.78, 5) is 36.0. The predicted molar refractivity (Wildman–Crippen MR) is 112 cm³/mol. The van der Waals surface area contributed by atoms with E-state index >= 15 is 0 Å². The number of amides is 2. The van der Waals surface area contributed by atoms with Gasteiger partial charge in [0.05, 0.1) is 26.4 Å². The van der Waals surface area contributed by atoms with Crippen LogP contribution in [0, 0.1) is 12.8 Å². The molecule has 1 aromatic heterocycles. The molecule has 32 heavy (non-hydrogen) atoms. The number of urea groups is 1. The van der Waals surface area contributed by atoms with Gasteiger partial charge in [-0.2, -0.15) is 15.0 Å². The molecular weight excluding hydrogens is 446 g/mol. The second-order valence-electron chi connectivity index (χ2n) is 6.54. The van der Waals surface area contributed by atoms with Crippen molar-refractivity contribution in [1.29, 1.82) is 0 Å². The van der Waals surface area contributed by atoms with Gasteiger partial charge in [-0.1, -0.05) is 24.3 Å². The van der Waals surface area contributed by atoms with E-state index in [0.29, 0.717) is 0 Å². The normalized spacial score (nSPS) is 20.0. The van der Waals surface area contributed by atoms with Crippen LogP contribution in [0.25, 0.3) is 0 Å². The lowest BCUT2D eigenvalue weighted by Crippen LogP contribution is -2.57. The van der Waals surface area contributed by atoms with Crippen LogP contribution in [-0.2, 0) is 24.3 Å². The summed E-state index contributed by atoms with van der Waals surface area (Å²) < 4.78 is 41.6. The summed E-state index contributed by atoms with van der Waals surface area (Å²) in [6.45, 7) is 3.18. The molecule has 13 nitrogen and oxygen atoms in total. The first-order valence-electron chi connectivity index (χ1n) is 9.49. The molecule has 0 radical (unpaired) electrons. The van der Waals surface area contributed by atoms with Gasteiger partial charge in [-0.05, 0) is 13.8 Å². The van der Waals surface area contributed by atoms with Gasteiger partial charge in [0.2, 0.25) is 16.0 Å². The minimum absolute atomic E-state index is 0.0220. The van der Waals surface area contributed by atoms with Crippen LogP contribution in [0.5, 0.6) is 6.01 Å². The molecule has 0 fully saturated rings. The lowest BCUT2D eigenvalue weighted by Gasteiger charge is -2.35. The van der Waals surface area contributed by atoms with Crippen molar-refractivity contribution < 1.29 is 37.3 Å². The van der Waals surface area contributed by atoms with Gasteiger partial charge < -0.3 is 19.3 Å². The summed E-state index contributed by atoms with van der Waals surface area (Å²) in [5.74, 6) is -2.92. The van der Waals surface area contributed by atoms with Crippen LogP contribution in [0.2, 0.25) is 0 Å². The zero-order chi connectivity index (χ0) is 23.8. The number of carboxylic acid groups (broad SMARTS) is 1. The molecular formula is C18H25N5O8S. The Morgan fingerprint density at radius 1 is 1.22 bits per heavy atom. The fourth-order valence-electron chi connectivity index (χ4n) is 2.85. The maximum Gasteiger partial charge on any atom is 0.335 e. The van der Waals surface area contributed by atoms with Crippen LogP contribution in [0.15, 0.2) is 24.3 Å². The van der Waals surface area contributed by atoms with Gasteiger partial charge >= 0.3 is 18.0 Å². The van der Waals surface area contributed by atoms with E-state index in [1.165, 1.54) is 38.3 Å². The van der Waals surface area contributed by atoms with E-state index in [2.05, 4.69) is 20.3 Å². The molecule has 1 aliphatic carbocycles. The zero-order valence-electron chi connectivity index (χ0n) is 17.8. The Bertz CT molecular complexity index is 997. The average molecular weight is 471 g/mol. The molecule has 1 heterocycles. The Hall–Kier alpha value is -3.10. The molecule has 1 aromatic rings. The quantitative estimate of drug-likeness (QED) is 0.377.